The Morgan fingerprint density at radius 2 is 1.90 bits per heavy atom. The molecule has 20 heavy (non-hydrogen) atoms. The van der Waals surface area contributed by atoms with E-state index in [0.29, 0.717) is 12.3 Å². The van der Waals surface area contributed by atoms with Crippen molar-refractivity contribution in [2.75, 3.05) is 0 Å². The summed E-state index contributed by atoms with van der Waals surface area (Å²) in [6.45, 7) is 2.19. The van der Waals surface area contributed by atoms with Gasteiger partial charge in [-0.3, -0.25) is 9.59 Å². The number of carboxylic acids is 2. The van der Waals surface area contributed by atoms with Gasteiger partial charge in [0.15, 0.2) is 0 Å². The molecule has 5 heteroatoms. The normalized spacial score (nSPS) is 47.2. The van der Waals surface area contributed by atoms with Gasteiger partial charge in [0.05, 0.1) is 6.42 Å². The highest BCUT2D eigenvalue weighted by Gasteiger charge is 2.64. The van der Waals surface area contributed by atoms with Gasteiger partial charge in [-0.1, -0.05) is 6.92 Å². The van der Waals surface area contributed by atoms with Crippen molar-refractivity contribution in [1.82, 2.24) is 0 Å². The third kappa shape index (κ3) is 2.03. The minimum Gasteiger partial charge on any atom is -0.481 e. The van der Waals surface area contributed by atoms with Gasteiger partial charge in [0.2, 0.25) is 0 Å². The highest BCUT2D eigenvalue weighted by atomic mass is 35.5. The molecule has 0 heterocycles. The van der Waals surface area contributed by atoms with Crippen LogP contribution in [0.3, 0.4) is 0 Å². The Hall–Kier alpha value is -0.770. The minimum absolute atomic E-state index is 0.0669. The van der Waals surface area contributed by atoms with Crippen molar-refractivity contribution in [3.8, 4) is 0 Å². The smallest absolute Gasteiger partial charge is 0.322 e. The maximum Gasteiger partial charge on any atom is 0.322 e. The molecule has 0 aromatic heterocycles. The average molecular weight is 301 g/mol. The van der Waals surface area contributed by atoms with E-state index in [-0.39, 0.29) is 17.3 Å². The van der Waals surface area contributed by atoms with Crippen molar-refractivity contribution in [2.24, 2.45) is 22.2 Å². The van der Waals surface area contributed by atoms with Gasteiger partial charge in [0.25, 0.3) is 0 Å². The van der Waals surface area contributed by atoms with E-state index in [4.69, 9.17) is 11.6 Å². The molecule has 4 bridgehead atoms. The molecule has 0 aliphatic heterocycles. The molecule has 4 aliphatic rings. The lowest BCUT2D eigenvalue weighted by Crippen LogP contribution is -2.60. The Bertz CT molecular complexity index is 478. The summed E-state index contributed by atoms with van der Waals surface area (Å²) in [5, 5.41) is 17.7. The lowest BCUT2D eigenvalue weighted by molar-refractivity contribution is -0.174. The molecule has 4 nitrogen and oxygen atoms in total. The first-order chi connectivity index (χ1) is 9.18. The van der Waals surface area contributed by atoms with Crippen molar-refractivity contribution in [3.05, 3.63) is 0 Å². The average Bonchev–Trinajstić information content (AvgIpc) is 2.22. The first kappa shape index (κ1) is 14.2. The van der Waals surface area contributed by atoms with Crippen LogP contribution >= 0.6 is 11.6 Å². The number of carbonyl (C=O) groups is 2. The largest absolute Gasteiger partial charge is 0.481 e. The zero-order chi connectivity index (χ0) is 14.8. The first-order valence-electron chi connectivity index (χ1n) is 7.26. The van der Waals surface area contributed by atoms with Crippen LogP contribution in [0.5, 0.6) is 0 Å². The molecular weight excluding hydrogens is 280 g/mol. The topological polar surface area (TPSA) is 74.6 Å². The summed E-state index contributed by atoms with van der Waals surface area (Å²) in [5.74, 6) is -1.29. The standard InChI is InChI=1S/C15H21ClO4/c1-13-2-9-3-14(6-13,5-10(17)18)8-15(4-9,7-13)11(16)12(19)20/h9,11H,2-8H2,1H3,(H,17,18)(H,19,20)/t9-,11+,13+,14+,15+/m0/s1. The lowest BCUT2D eigenvalue weighted by Gasteiger charge is -2.66. The number of carboxylic acid groups (broad SMARTS) is 2. The van der Waals surface area contributed by atoms with Gasteiger partial charge < -0.3 is 10.2 Å². The molecular formula is C15H21ClO4. The van der Waals surface area contributed by atoms with E-state index in [9.17, 15) is 19.8 Å². The molecule has 4 fully saturated rings. The molecule has 4 saturated carbocycles. The van der Waals surface area contributed by atoms with Crippen LogP contribution in [0.25, 0.3) is 0 Å². The van der Waals surface area contributed by atoms with Crippen molar-refractivity contribution < 1.29 is 19.8 Å². The van der Waals surface area contributed by atoms with Crippen LogP contribution in [0.1, 0.15) is 51.9 Å². The van der Waals surface area contributed by atoms with E-state index in [1.54, 1.807) is 0 Å². The second kappa shape index (κ2) is 4.12. The molecule has 4 rings (SSSR count). The number of hydrogen-bond acceptors (Lipinski definition) is 2. The molecule has 0 aromatic rings. The SMILES string of the molecule is C[C@@]12C[C@H]3C[C@@](CC(=O)O)(C1)C[C@@]([C@H](Cl)C(=O)O)(C3)C2. The number of alkyl halides is 1. The van der Waals surface area contributed by atoms with Gasteiger partial charge in [0, 0.05) is 0 Å². The monoisotopic (exact) mass is 300 g/mol. The fraction of sp³-hybridized carbons (Fsp3) is 0.867. The lowest BCUT2D eigenvalue weighted by atomic mass is 9.39. The fourth-order valence-corrected chi connectivity index (χ4v) is 6.53. The molecule has 5 atom stereocenters. The second-order valence-electron chi connectivity index (χ2n) is 7.95. The highest BCUT2D eigenvalue weighted by Crippen LogP contribution is 2.71. The van der Waals surface area contributed by atoms with Crippen molar-refractivity contribution in [2.45, 2.75) is 57.2 Å². The van der Waals surface area contributed by atoms with Crippen molar-refractivity contribution >= 4 is 23.5 Å². The molecule has 0 aromatic carbocycles. The van der Waals surface area contributed by atoms with Crippen LogP contribution in [-0.2, 0) is 9.59 Å². The molecule has 4 aliphatic carbocycles. The summed E-state index contributed by atoms with van der Waals surface area (Å²) in [4.78, 5) is 22.6. The molecule has 0 unspecified atom stereocenters. The van der Waals surface area contributed by atoms with E-state index in [1.165, 1.54) is 0 Å². The van der Waals surface area contributed by atoms with Gasteiger partial charge in [-0.25, -0.2) is 0 Å². The predicted molar refractivity (Wildman–Crippen MR) is 73.7 cm³/mol. The summed E-state index contributed by atoms with van der Waals surface area (Å²) in [7, 11) is 0. The van der Waals surface area contributed by atoms with Gasteiger partial charge in [-0.15, -0.1) is 11.6 Å². The number of hydrogen-bond donors (Lipinski definition) is 2. The predicted octanol–water partition coefficient (Wildman–Crippen LogP) is 3.13. The van der Waals surface area contributed by atoms with E-state index >= 15 is 0 Å². The van der Waals surface area contributed by atoms with E-state index in [2.05, 4.69) is 6.92 Å². The first-order valence-corrected chi connectivity index (χ1v) is 7.70. The Labute approximate surface area is 123 Å². The third-order valence-electron chi connectivity index (χ3n) is 5.79. The number of rotatable bonds is 4. The summed E-state index contributed by atoms with van der Waals surface area (Å²) < 4.78 is 0. The van der Waals surface area contributed by atoms with Crippen LogP contribution in [-0.4, -0.2) is 27.5 Å². The Kier molecular flexibility index (Phi) is 2.92. The van der Waals surface area contributed by atoms with Gasteiger partial charge in [-0.05, 0) is 60.7 Å². The van der Waals surface area contributed by atoms with Gasteiger partial charge >= 0.3 is 11.9 Å². The molecule has 0 spiro atoms. The van der Waals surface area contributed by atoms with E-state index < -0.39 is 22.7 Å². The number of aliphatic carboxylic acids is 2. The van der Waals surface area contributed by atoms with Crippen LogP contribution < -0.4 is 0 Å². The second-order valence-corrected chi connectivity index (χ2v) is 8.39. The van der Waals surface area contributed by atoms with E-state index in [1.807, 2.05) is 0 Å². The highest BCUT2D eigenvalue weighted by molar-refractivity contribution is 6.30. The third-order valence-corrected chi connectivity index (χ3v) is 6.44. The van der Waals surface area contributed by atoms with Crippen molar-refractivity contribution in [1.29, 1.82) is 0 Å². The van der Waals surface area contributed by atoms with E-state index in [0.717, 1.165) is 32.1 Å². The molecule has 0 amide bonds. The van der Waals surface area contributed by atoms with Crippen LogP contribution in [0.4, 0.5) is 0 Å². The number of halogens is 1. The molecule has 0 radical (unpaired) electrons. The Balaban J connectivity index is 1.99. The quantitative estimate of drug-likeness (QED) is 0.782. The Morgan fingerprint density at radius 1 is 1.20 bits per heavy atom. The van der Waals surface area contributed by atoms with Crippen LogP contribution in [0.15, 0.2) is 0 Å². The maximum absolute atomic E-state index is 11.4. The summed E-state index contributed by atoms with van der Waals surface area (Å²) in [6, 6.07) is 0. The fourth-order valence-electron chi connectivity index (χ4n) is 6.29. The summed E-state index contributed by atoms with van der Waals surface area (Å²) >= 11 is 6.25. The maximum atomic E-state index is 11.4. The molecule has 112 valence electrons. The molecule has 2 N–H and O–H groups in total. The molecule has 0 saturated heterocycles. The van der Waals surface area contributed by atoms with Gasteiger partial charge in [0.1, 0.15) is 5.38 Å². The minimum atomic E-state index is -0.956. The summed E-state index contributed by atoms with van der Waals surface area (Å²) in [5.41, 5.74) is -0.572. The Morgan fingerprint density at radius 3 is 2.45 bits per heavy atom. The summed E-state index contributed by atoms with van der Waals surface area (Å²) in [6.07, 6.45) is 5.44. The zero-order valence-electron chi connectivity index (χ0n) is 11.7. The van der Waals surface area contributed by atoms with Crippen LogP contribution in [0, 0.1) is 22.2 Å². The van der Waals surface area contributed by atoms with Gasteiger partial charge in [-0.2, -0.15) is 0 Å². The van der Waals surface area contributed by atoms with Crippen LogP contribution in [0.2, 0.25) is 0 Å². The van der Waals surface area contributed by atoms with Crippen molar-refractivity contribution in [3.63, 3.8) is 0 Å². The zero-order valence-corrected chi connectivity index (χ0v) is 12.4.